The van der Waals surface area contributed by atoms with Crippen molar-refractivity contribution in [3.63, 3.8) is 0 Å². The minimum absolute atomic E-state index is 0.128. The molecule has 1 fully saturated rings. The summed E-state index contributed by atoms with van der Waals surface area (Å²) in [6.45, 7) is 8.64. The van der Waals surface area contributed by atoms with Gasteiger partial charge in [-0.05, 0) is 93.8 Å². The van der Waals surface area contributed by atoms with Crippen molar-refractivity contribution in [2.45, 2.75) is 95.3 Å². The number of amides is 4. The average Bonchev–Trinajstić information content (AvgIpc) is 3.41. The van der Waals surface area contributed by atoms with Crippen LogP contribution in [-0.2, 0) is 43.2 Å². The van der Waals surface area contributed by atoms with Crippen molar-refractivity contribution in [2.24, 2.45) is 16.9 Å². The Morgan fingerprint density at radius 1 is 1.04 bits per heavy atom. The number of hydrogen-bond acceptors (Lipinski definition) is 10. The van der Waals surface area contributed by atoms with Crippen molar-refractivity contribution >= 4 is 52.9 Å². The lowest BCUT2D eigenvalue weighted by Crippen LogP contribution is -2.63. The molecule has 12 nitrogen and oxygen atoms in total. The van der Waals surface area contributed by atoms with E-state index in [-0.39, 0.29) is 43.0 Å². The van der Waals surface area contributed by atoms with Crippen molar-refractivity contribution < 1.29 is 34.2 Å². The topological polar surface area (TPSA) is 214 Å². The van der Waals surface area contributed by atoms with Crippen LogP contribution in [0.1, 0.15) is 55.0 Å². The van der Waals surface area contributed by atoms with Crippen LogP contribution in [0, 0.1) is 19.3 Å². The van der Waals surface area contributed by atoms with Crippen LogP contribution in [0.25, 0.3) is 0 Å². The van der Waals surface area contributed by atoms with Gasteiger partial charge in [-0.15, -0.1) is 0 Å². The number of benzene rings is 2. The highest BCUT2D eigenvalue weighted by Gasteiger charge is 2.49. The van der Waals surface area contributed by atoms with Gasteiger partial charge in [0.2, 0.25) is 23.6 Å². The van der Waals surface area contributed by atoms with Gasteiger partial charge in [-0.25, -0.2) is 0 Å². The zero-order valence-corrected chi connectivity index (χ0v) is 30.8. The molecule has 1 saturated heterocycles. The molecule has 0 aromatic heterocycles. The number of phenols is 1. The molecule has 2 aromatic carbocycles. The zero-order valence-electron chi connectivity index (χ0n) is 29.2. The zero-order chi connectivity index (χ0) is 37.0. The van der Waals surface area contributed by atoms with Crippen LogP contribution < -0.4 is 27.4 Å². The summed E-state index contributed by atoms with van der Waals surface area (Å²) in [5.74, 6) is -1.42. The molecule has 1 heterocycles. The molecule has 9 N–H and O–H groups in total. The number of aromatic hydroxyl groups is 1. The monoisotopic (exact) mass is 727 g/mol. The van der Waals surface area contributed by atoms with Crippen molar-refractivity contribution in [1.82, 2.24) is 16.0 Å². The summed E-state index contributed by atoms with van der Waals surface area (Å²) >= 11 is 2.91. The third kappa shape index (κ3) is 9.19. The Bertz CT molecular complexity index is 1580. The van der Waals surface area contributed by atoms with Crippen molar-refractivity contribution in [3.8, 4) is 5.75 Å². The van der Waals surface area contributed by atoms with E-state index in [1.165, 1.54) is 30.4 Å². The Morgan fingerprint density at radius 3 is 2.20 bits per heavy atom. The third-order valence-electron chi connectivity index (χ3n) is 9.62. The Kier molecular flexibility index (Phi) is 12.7. The molecule has 4 rings (SSSR count). The number of ketones is 1. The second-order valence-corrected chi connectivity index (χ2v) is 16.9. The molecule has 272 valence electrons. The van der Waals surface area contributed by atoms with Gasteiger partial charge >= 0.3 is 0 Å². The number of aliphatic hydroxyl groups is 1. The molecule has 4 amide bonds. The van der Waals surface area contributed by atoms with Crippen LogP contribution in [0.5, 0.6) is 5.75 Å². The number of carbonyl (C=O) groups is 5. The molecule has 1 aliphatic heterocycles. The number of nitrogens with two attached hydrogens (primary N) is 2. The van der Waals surface area contributed by atoms with E-state index in [0.717, 1.165) is 27.8 Å². The van der Waals surface area contributed by atoms with Gasteiger partial charge in [0.1, 0.15) is 17.8 Å². The maximum absolute atomic E-state index is 14.5. The van der Waals surface area contributed by atoms with E-state index in [1.807, 2.05) is 52.0 Å². The fourth-order valence-corrected chi connectivity index (χ4v) is 9.10. The maximum atomic E-state index is 14.5. The maximum Gasteiger partial charge on any atom is 0.244 e. The number of nitrogens with one attached hydrogen (secondary N) is 3. The summed E-state index contributed by atoms with van der Waals surface area (Å²) in [6, 6.07) is 6.38. The summed E-state index contributed by atoms with van der Waals surface area (Å²) in [6.07, 6.45) is -0.777. The normalized spacial score (nSPS) is 22.5. The number of carbonyl (C=O) groups excluding carboxylic acids is 5. The van der Waals surface area contributed by atoms with Gasteiger partial charge in [0.15, 0.2) is 5.78 Å². The number of primary amides is 1. The SMILES string of the molecule is Cc1cc(O)cc(C)c1C[C@H](N)C(=O)N[C@@H]1CSCCSC(C)(C)[C@H](C(=O)N[C@H](C(N)=O)C(C)O)NC(=O)C2(CC1=O)Cc1ccccc1C2. The van der Waals surface area contributed by atoms with Gasteiger partial charge in [-0.3, -0.25) is 24.0 Å². The summed E-state index contributed by atoms with van der Waals surface area (Å²) in [4.78, 5) is 68.1. The van der Waals surface area contributed by atoms with Crippen LogP contribution in [0.15, 0.2) is 36.4 Å². The number of Topliss-reactive ketones (excluding diaryl/α,β-unsaturated/α-hetero) is 1. The van der Waals surface area contributed by atoms with Gasteiger partial charge in [0, 0.05) is 28.4 Å². The lowest BCUT2D eigenvalue weighted by atomic mass is 9.77. The second kappa shape index (κ2) is 16.2. The second-order valence-electron chi connectivity index (χ2n) is 14.0. The van der Waals surface area contributed by atoms with Gasteiger partial charge < -0.3 is 37.6 Å². The minimum atomic E-state index is -1.37. The molecule has 5 atom stereocenters. The number of thioether (sulfide) groups is 2. The quantitative estimate of drug-likeness (QED) is 0.206. The first-order valence-electron chi connectivity index (χ1n) is 16.7. The molecular formula is C36H49N5O7S2. The molecule has 0 bridgehead atoms. The molecule has 1 aliphatic carbocycles. The van der Waals surface area contributed by atoms with Crippen LogP contribution in [-0.4, -0.2) is 91.9 Å². The standard InChI is InChI=1S/C36H49N5O7S2/c1-19-12-24(43)13-20(2)25(19)14-26(37)32(46)39-27-18-49-10-11-50-35(4,5)30(33(47)40-29(21(3)42)31(38)45)41-34(48)36(17-28(27)44)15-22-8-6-7-9-23(22)16-36/h6-9,12-13,21,26-27,29-30,42-43H,10-11,14-18,37H2,1-5H3,(H2,38,45)(H,39,46)(H,40,47)(H,41,48)/t21?,26-,27+,29-,30-/m0/s1. The predicted molar refractivity (Wildman–Crippen MR) is 196 cm³/mol. The van der Waals surface area contributed by atoms with E-state index in [4.69, 9.17) is 11.5 Å². The molecule has 2 aromatic rings. The van der Waals surface area contributed by atoms with Crippen LogP contribution >= 0.6 is 23.5 Å². The average molecular weight is 728 g/mol. The Balaban J connectivity index is 1.64. The largest absolute Gasteiger partial charge is 0.508 e. The molecule has 1 unspecified atom stereocenters. The number of rotatable bonds is 8. The van der Waals surface area contributed by atoms with Gasteiger partial charge in [0.05, 0.1) is 23.6 Å². The van der Waals surface area contributed by atoms with E-state index in [1.54, 1.807) is 12.1 Å². The van der Waals surface area contributed by atoms with Crippen LogP contribution in [0.4, 0.5) is 0 Å². The molecule has 50 heavy (non-hydrogen) atoms. The molecule has 2 aliphatic rings. The first-order chi connectivity index (χ1) is 23.4. The fraction of sp³-hybridized carbons (Fsp3) is 0.528. The number of fused-ring (bicyclic) bond motifs is 1. The van der Waals surface area contributed by atoms with Crippen molar-refractivity contribution in [1.29, 1.82) is 0 Å². The van der Waals surface area contributed by atoms with E-state index >= 15 is 0 Å². The highest BCUT2D eigenvalue weighted by Crippen LogP contribution is 2.42. The lowest BCUT2D eigenvalue weighted by Gasteiger charge is -2.37. The number of phenolic OH excluding ortho intramolecular Hbond substituents is 1. The molecule has 0 saturated carbocycles. The smallest absolute Gasteiger partial charge is 0.244 e. The van der Waals surface area contributed by atoms with Gasteiger partial charge in [-0.2, -0.15) is 23.5 Å². The van der Waals surface area contributed by atoms with E-state index < -0.39 is 64.1 Å². The van der Waals surface area contributed by atoms with E-state index in [2.05, 4.69) is 16.0 Å². The Morgan fingerprint density at radius 2 is 1.64 bits per heavy atom. The van der Waals surface area contributed by atoms with Crippen LogP contribution in [0.2, 0.25) is 0 Å². The first kappa shape index (κ1) is 39.2. The number of aliphatic hydroxyl groups excluding tert-OH is 1. The van der Waals surface area contributed by atoms with Gasteiger partial charge in [-0.1, -0.05) is 24.3 Å². The summed E-state index contributed by atoms with van der Waals surface area (Å²) in [7, 11) is 0. The highest BCUT2D eigenvalue weighted by atomic mass is 32.2. The molecule has 0 radical (unpaired) electrons. The fourth-order valence-electron chi connectivity index (χ4n) is 6.77. The highest BCUT2D eigenvalue weighted by molar-refractivity contribution is 8.03. The van der Waals surface area contributed by atoms with Gasteiger partial charge in [0.25, 0.3) is 0 Å². The van der Waals surface area contributed by atoms with E-state index in [0.29, 0.717) is 11.5 Å². The van der Waals surface area contributed by atoms with Crippen molar-refractivity contribution in [3.05, 3.63) is 64.2 Å². The molecule has 1 spiro atoms. The Hall–Kier alpha value is -3.59. The summed E-state index contributed by atoms with van der Waals surface area (Å²) in [5.41, 5.74) is 14.8. The Labute approximate surface area is 301 Å². The predicted octanol–water partition coefficient (Wildman–Crippen LogP) is 1.20. The molecular weight excluding hydrogens is 679 g/mol. The van der Waals surface area contributed by atoms with Crippen LogP contribution in [0.3, 0.4) is 0 Å². The summed E-state index contributed by atoms with van der Waals surface area (Å²) in [5, 5.41) is 28.4. The van der Waals surface area contributed by atoms with Crippen molar-refractivity contribution in [2.75, 3.05) is 17.3 Å². The first-order valence-corrected chi connectivity index (χ1v) is 18.8. The minimum Gasteiger partial charge on any atom is -0.508 e. The number of aryl methyl sites for hydroxylation is 2. The third-order valence-corrected chi connectivity index (χ3v) is 12.3. The summed E-state index contributed by atoms with van der Waals surface area (Å²) < 4.78 is -0.878. The lowest BCUT2D eigenvalue weighted by molar-refractivity contribution is -0.139. The van der Waals surface area contributed by atoms with E-state index in [9.17, 15) is 34.2 Å². The number of hydrogen-bond donors (Lipinski definition) is 7. The molecule has 14 heteroatoms.